The number of pyridine rings is 2. The highest BCUT2D eigenvalue weighted by Crippen LogP contribution is 2.22. The summed E-state index contributed by atoms with van der Waals surface area (Å²) in [6.45, 7) is 0. The highest BCUT2D eigenvalue weighted by molar-refractivity contribution is 5.36. The number of nitrogens with one attached hydrogen (secondary N) is 1. The van der Waals surface area contributed by atoms with E-state index in [2.05, 4.69) is 15.3 Å². The van der Waals surface area contributed by atoms with E-state index in [0.717, 1.165) is 0 Å². The van der Waals surface area contributed by atoms with Gasteiger partial charge in [-0.15, -0.1) is 0 Å². The van der Waals surface area contributed by atoms with Crippen LogP contribution in [0.4, 0.5) is 14.6 Å². The van der Waals surface area contributed by atoms with E-state index in [1.54, 1.807) is 42.6 Å². The first-order valence-electron chi connectivity index (χ1n) is 5.14. The summed E-state index contributed by atoms with van der Waals surface area (Å²) >= 11 is 0. The van der Waals surface area contributed by atoms with Crippen LogP contribution in [-0.4, -0.2) is 16.4 Å². The molecule has 3 nitrogen and oxygen atoms in total. The van der Waals surface area contributed by atoms with Crippen molar-refractivity contribution in [3.63, 3.8) is 0 Å². The summed E-state index contributed by atoms with van der Waals surface area (Å²) in [7, 11) is 0. The van der Waals surface area contributed by atoms with Crippen molar-refractivity contribution in [2.24, 2.45) is 0 Å². The lowest BCUT2D eigenvalue weighted by atomic mass is 10.2. The molecular formula is C12H11F2N3. The lowest BCUT2D eigenvalue weighted by Crippen LogP contribution is -2.20. The van der Waals surface area contributed by atoms with Crippen molar-refractivity contribution >= 4 is 5.82 Å². The van der Waals surface area contributed by atoms with Gasteiger partial charge in [-0.2, -0.15) is 0 Å². The van der Waals surface area contributed by atoms with Gasteiger partial charge >= 0.3 is 0 Å². The quantitative estimate of drug-likeness (QED) is 0.885. The monoisotopic (exact) mass is 235 g/mol. The predicted molar refractivity (Wildman–Crippen MR) is 60.8 cm³/mol. The van der Waals surface area contributed by atoms with Gasteiger partial charge in [0, 0.05) is 12.4 Å². The summed E-state index contributed by atoms with van der Waals surface area (Å²) in [5.41, 5.74) is 0.299. The molecular weight excluding hydrogens is 224 g/mol. The molecule has 0 amide bonds. The molecule has 0 spiro atoms. The maximum absolute atomic E-state index is 12.9. The van der Waals surface area contributed by atoms with Crippen molar-refractivity contribution in [1.29, 1.82) is 0 Å². The lowest BCUT2D eigenvalue weighted by molar-refractivity contribution is 0.123. The molecule has 5 heteroatoms. The average Bonchev–Trinajstić information content (AvgIpc) is 2.38. The van der Waals surface area contributed by atoms with Crippen LogP contribution in [0.2, 0.25) is 0 Å². The number of anilines is 1. The smallest absolute Gasteiger partial charge is 0.264 e. The van der Waals surface area contributed by atoms with Crippen LogP contribution in [0.15, 0.2) is 48.8 Å². The fourth-order valence-corrected chi connectivity index (χ4v) is 1.43. The molecule has 2 rings (SSSR count). The number of hydrogen-bond acceptors (Lipinski definition) is 3. The van der Waals surface area contributed by atoms with Gasteiger partial charge in [-0.25, -0.2) is 13.8 Å². The molecule has 1 atom stereocenters. The van der Waals surface area contributed by atoms with Gasteiger partial charge in [-0.1, -0.05) is 12.1 Å². The fourth-order valence-electron chi connectivity index (χ4n) is 1.43. The van der Waals surface area contributed by atoms with Gasteiger partial charge < -0.3 is 5.32 Å². The minimum absolute atomic E-state index is 0.299. The van der Waals surface area contributed by atoms with Gasteiger partial charge in [0.1, 0.15) is 11.9 Å². The van der Waals surface area contributed by atoms with Crippen LogP contribution >= 0.6 is 0 Å². The van der Waals surface area contributed by atoms with Crippen molar-refractivity contribution in [1.82, 2.24) is 9.97 Å². The van der Waals surface area contributed by atoms with Gasteiger partial charge in [-0.05, 0) is 24.3 Å². The largest absolute Gasteiger partial charge is 0.357 e. The van der Waals surface area contributed by atoms with E-state index in [1.807, 2.05) is 0 Å². The first-order valence-corrected chi connectivity index (χ1v) is 5.14. The molecule has 0 aliphatic heterocycles. The molecule has 0 saturated carbocycles. The van der Waals surface area contributed by atoms with Crippen molar-refractivity contribution in [3.8, 4) is 0 Å². The van der Waals surface area contributed by atoms with Crippen molar-refractivity contribution in [3.05, 3.63) is 54.5 Å². The first kappa shape index (κ1) is 11.4. The molecule has 0 aliphatic carbocycles. The molecule has 0 saturated heterocycles. The SMILES string of the molecule is FC(F)C(Nc1ccccn1)c1ccccn1. The van der Waals surface area contributed by atoms with Crippen LogP contribution in [0.1, 0.15) is 11.7 Å². The molecule has 17 heavy (non-hydrogen) atoms. The van der Waals surface area contributed by atoms with Crippen LogP contribution in [-0.2, 0) is 0 Å². The van der Waals surface area contributed by atoms with Crippen molar-refractivity contribution in [2.75, 3.05) is 5.32 Å². The average molecular weight is 235 g/mol. The zero-order valence-electron chi connectivity index (χ0n) is 8.92. The second-order valence-corrected chi connectivity index (χ2v) is 3.43. The maximum Gasteiger partial charge on any atom is 0.264 e. The summed E-state index contributed by atoms with van der Waals surface area (Å²) in [5.74, 6) is 0.406. The van der Waals surface area contributed by atoms with E-state index in [-0.39, 0.29) is 0 Å². The standard InChI is InChI=1S/C12H11F2N3/c13-12(14)11(9-5-1-3-7-15-9)17-10-6-2-4-8-16-10/h1-8,11-12H,(H,16,17). The van der Waals surface area contributed by atoms with E-state index in [1.165, 1.54) is 6.20 Å². The number of rotatable bonds is 4. The number of nitrogens with zero attached hydrogens (tertiary/aromatic N) is 2. The fraction of sp³-hybridized carbons (Fsp3) is 0.167. The Balaban J connectivity index is 2.20. The third-order valence-electron chi connectivity index (χ3n) is 2.23. The molecule has 0 aliphatic rings. The van der Waals surface area contributed by atoms with Crippen molar-refractivity contribution < 1.29 is 8.78 Å². The summed E-state index contributed by atoms with van der Waals surface area (Å²) in [6.07, 6.45) is 0.487. The molecule has 0 radical (unpaired) electrons. The van der Waals surface area contributed by atoms with Crippen LogP contribution in [0, 0.1) is 0 Å². The lowest BCUT2D eigenvalue weighted by Gasteiger charge is -2.17. The van der Waals surface area contributed by atoms with Crippen LogP contribution in [0.25, 0.3) is 0 Å². The van der Waals surface area contributed by atoms with E-state index < -0.39 is 12.5 Å². The molecule has 88 valence electrons. The minimum atomic E-state index is -2.55. The summed E-state index contributed by atoms with van der Waals surface area (Å²) < 4.78 is 25.9. The Morgan fingerprint density at radius 1 is 0.941 bits per heavy atom. The van der Waals surface area contributed by atoms with E-state index >= 15 is 0 Å². The van der Waals surface area contributed by atoms with Gasteiger partial charge in [0.05, 0.1) is 5.69 Å². The third kappa shape index (κ3) is 2.96. The number of halogens is 2. The first-order chi connectivity index (χ1) is 8.27. The third-order valence-corrected chi connectivity index (χ3v) is 2.23. The van der Waals surface area contributed by atoms with Gasteiger partial charge in [0.25, 0.3) is 6.43 Å². The summed E-state index contributed by atoms with van der Waals surface area (Å²) in [6, 6.07) is 8.88. The second-order valence-electron chi connectivity index (χ2n) is 3.43. The van der Waals surface area contributed by atoms with Crippen LogP contribution in [0.3, 0.4) is 0 Å². The second kappa shape index (κ2) is 5.34. The molecule has 2 aromatic heterocycles. The summed E-state index contributed by atoms with van der Waals surface area (Å²) in [5, 5.41) is 2.67. The van der Waals surface area contributed by atoms with Crippen LogP contribution in [0.5, 0.6) is 0 Å². The number of alkyl halides is 2. The number of aromatic nitrogens is 2. The Morgan fingerprint density at radius 3 is 2.18 bits per heavy atom. The normalized spacial score (nSPS) is 12.4. The van der Waals surface area contributed by atoms with Gasteiger partial charge in [0.15, 0.2) is 0 Å². The topological polar surface area (TPSA) is 37.8 Å². The molecule has 0 bridgehead atoms. The van der Waals surface area contributed by atoms with E-state index in [4.69, 9.17) is 0 Å². The Labute approximate surface area is 97.5 Å². The van der Waals surface area contributed by atoms with Gasteiger partial charge in [0.2, 0.25) is 0 Å². The Hall–Kier alpha value is -2.04. The molecule has 2 aromatic rings. The predicted octanol–water partition coefficient (Wildman–Crippen LogP) is 2.89. The molecule has 1 unspecified atom stereocenters. The highest BCUT2D eigenvalue weighted by Gasteiger charge is 2.23. The summed E-state index contributed by atoms with van der Waals surface area (Å²) in [4.78, 5) is 7.88. The van der Waals surface area contributed by atoms with E-state index in [9.17, 15) is 8.78 Å². The van der Waals surface area contributed by atoms with E-state index in [0.29, 0.717) is 11.5 Å². The zero-order chi connectivity index (χ0) is 12.1. The molecule has 0 fully saturated rings. The Morgan fingerprint density at radius 2 is 1.65 bits per heavy atom. The van der Waals surface area contributed by atoms with Crippen LogP contribution < -0.4 is 5.32 Å². The number of hydrogen-bond donors (Lipinski definition) is 1. The minimum Gasteiger partial charge on any atom is -0.357 e. The Bertz CT molecular complexity index is 448. The van der Waals surface area contributed by atoms with Crippen molar-refractivity contribution in [2.45, 2.75) is 12.5 Å². The highest BCUT2D eigenvalue weighted by atomic mass is 19.3. The molecule has 0 aromatic carbocycles. The maximum atomic E-state index is 12.9. The molecule has 1 N–H and O–H groups in total. The molecule has 2 heterocycles. The Kier molecular flexibility index (Phi) is 3.59. The zero-order valence-corrected chi connectivity index (χ0v) is 8.92. The van der Waals surface area contributed by atoms with Gasteiger partial charge in [-0.3, -0.25) is 4.98 Å².